The van der Waals surface area contributed by atoms with Gasteiger partial charge in [0.1, 0.15) is 11.6 Å². The van der Waals surface area contributed by atoms with Crippen LogP contribution < -0.4 is 0 Å². The molecule has 0 amide bonds. The Kier molecular flexibility index (Phi) is 5.07. The predicted molar refractivity (Wildman–Crippen MR) is 100 cm³/mol. The fraction of sp³-hybridized carbons (Fsp3) is 0.550. The molecule has 0 saturated carbocycles. The third-order valence-electron chi connectivity index (χ3n) is 5.78. The van der Waals surface area contributed by atoms with E-state index in [4.69, 9.17) is 4.98 Å². The van der Waals surface area contributed by atoms with Gasteiger partial charge in [-0.3, -0.25) is 9.80 Å². The van der Waals surface area contributed by atoms with Gasteiger partial charge in [0.05, 0.1) is 11.7 Å². The molecule has 1 aromatic carbocycles. The van der Waals surface area contributed by atoms with E-state index in [1.165, 1.54) is 5.69 Å². The van der Waals surface area contributed by atoms with Gasteiger partial charge in [-0.2, -0.15) is 0 Å². The lowest BCUT2D eigenvalue weighted by atomic mass is 10.1. The smallest absolute Gasteiger partial charge is 0.126 e. The van der Waals surface area contributed by atoms with Crippen LogP contribution in [-0.2, 0) is 19.6 Å². The van der Waals surface area contributed by atoms with Gasteiger partial charge in [-0.15, -0.1) is 0 Å². The maximum absolute atomic E-state index is 13.1. The summed E-state index contributed by atoms with van der Waals surface area (Å²) in [7, 11) is 2.19. The first-order valence-electron chi connectivity index (χ1n) is 9.54. The van der Waals surface area contributed by atoms with E-state index in [1.807, 2.05) is 12.1 Å². The van der Waals surface area contributed by atoms with Gasteiger partial charge < -0.3 is 9.47 Å². The van der Waals surface area contributed by atoms with Crippen LogP contribution in [0, 0.1) is 5.82 Å². The second-order valence-electron chi connectivity index (χ2n) is 7.61. The number of hydrogen-bond donors (Lipinski definition) is 0. The minimum absolute atomic E-state index is 0.176. The zero-order chi connectivity index (χ0) is 18.1. The predicted octanol–water partition coefficient (Wildman–Crippen LogP) is 2.35. The number of hydrogen-bond acceptors (Lipinski definition) is 4. The Morgan fingerprint density at radius 2 is 1.73 bits per heavy atom. The van der Waals surface area contributed by atoms with Crippen molar-refractivity contribution in [1.82, 2.24) is 24.3 Å². The van der Waals surface area contributed by atoms with Gasteiger partial charge in [-0.1, -0.05) is 12.1 Å². The van der Waals surface area contributed by atoms with E-state index < -0.39 is 0 Å². The van der Waals surface area contributed by atoms with Gasteiger partial charge in [0.2, 0.25) is 0 Å². The number of rotatable bonds is 4. The molecule has 140 valence electrons. The molecule has 1 saturated heterocycles. The molecule has 2 aliphatic rings. The van der Waals surface area contributed by atoms with Crippen LogP contribution in [0.4, 0.5) is 4.39 Å². The molecule has 0 bridgehead atoms. The van der Waals surface area contributed by atoms with Crippen molar-refractivity contribution < 1.29 is 4.39 Å². The second-order valence-corrected chi connectivity index (χ2v) is 7.61. The first-order chi connectivity index (χ1) is 12.6. The standard InChI is InChI=1S/C20H28FN5/c1-16-20-22-13-19(15-24-9-7-23(2)8-10-24)26(20)12-11-25(16)14-17-3-5-18(21)6-4-17/h3-6,13,16H,7-12,14-15H2,1-2H3. The molecule has 0 N–H and O–H groups in total. The molecule has 26 heavy (non-hydrogen) atoms. The Morgan fingerprint density at radius 1 is 1.00 bits per heavy atom. The number of benzene rings is 1. The van der Waals surface area contributed by atoms with Crippen LogP contribution in [0.2, 0.25) is 0 Å². The molecule has 1 fully saturated rings. The monoisotopic (exact) mass is 357 g/mol. The molecule has 5 nitrogen and oxygen atoms in total. The van der Waals surface area contributed by atoms with Crippen molar-refractivity contribution in [3.63, 3.8) is 0 Å². The Bertz CT molecular complexity index is 733. The Balaban J connectivity index is 1.43. The third-order valence-corrected chi connectivity index (χ3v) is 5.78. The molecule has 4 rings (SSSR count). The fourth-order valence-corrected chi connectivity index (χ4v) is 4.01. The van der Waals surface area contributed by atoms with E-state index in [2.05, 4.69) is 39.4 Å². The van der Waals surface area contributed by atoms with Crippen molar-refractivity contribution in [2.24, 2.45) is 0 Å². The molecule has 6 heteroatoms. The summed E-state index contributed by atoms with van der Waals surface area (Å²) >= 11 is 0. The zero-order valence-corrected chi connectivity index (χ0v) is 15.7. The van der Waals surface area contributed by atoms with Gasteiger partial charge in [-0.25, -0.2) is 9.37 Å². The summed E-state index contributed by atoms with van der Waals surface area (Å²) in [5, 5.41) is 0. The quantitative estimate of drug-likeness (QED) is 0.840. The Morgan fingerprint density at radius 3 is 2.46 bits per heavy atom. The number of aromatic nitrogens is 2. The van der Waals surface area contributed by atoms with Gasteiger partial charge >= 0.3 is 0 Å². The number of halogens is 1. The van der Waals surface area contributed by atoms with Gasteiger partial charge in [0.15, 0.2) is 0 Å². The number of fused-ring (bicyclic) bond motifs is 1. The summed E-state index contributed by atoms with van der Waals surface area (Å²) < 4.78 is 15.5. The second kappa shape index (κ2) is 7.47. The molecule has 2 aromatic rings. The highest BCUT2D eigenvalue weighted by molar-refractivity contribution is 5.17. The molecule has 1 aromatic heterocycles. The van der Waals surface area contributed by atoms with Crippen molar-refractivity contribution in [3.05, 3.63) is 53.4 Å². The van der Waals surface area contributed by atoms with Gasteiger partial charge in [0, 0.05) is 58.6 Å². The molecular formula is C20H28FN5. The number of imidazole rings is 1. The molecule has 0 radical (unpaired) electrons. The van der Waals surface area contributed by atoms with Crippen LogP contribution in [0.15, 0.2) is 30.5 Å². The number of nitrogens with zero attached hydrogens (tertiary/aromatic N) is 5. The summed E-state index contributed by atoms with van der Waals surface area (Å²) in [4.78, 5) is 12.1. The van der Waals surface area contributed by atoms with Crippen molar-refractivity contribution >= 4 is 0 Å². The first-order valence-corrected chi connectivity index (χ1v) is 9.54. The van der Waals surface area contributed by atoms with E-state index in [-0.39, 0.29) is 11.9 Å². The van der Waals surface area contributed by atoms with E-state index >= 15 is 0 Å². The van der Waals surface area contributed by atoms with Crippen molar-refractivity contribution in [1.29, 1.82) is 0 Å². The molecule has 1 atom stereocenters. The SMILES string of the molecule is CC1c2ncc(CN3CCN(C)CC3)n2CCN1Cc1ccc(F)cc1. The topological polar surface area (TPSA) is 27.5 Å². The van der Waals surface area contributed by atoms with Gasteiger partial charge in [-0.05, 0) is 31.7 Å². The van der Waals surface area contributed by atoms with E-state index in [0.29, 0.717) is 0 Å². The van der Waals surface area contributed by atoms with Crippen LogP contribution in [0.5, 0.6) is 0 Å². The lowest BCUT2D eigenvalue weighted by Gasteiger charge is -2.36. The van der Waals surface area contributed by atoms with Crippen LogP contribution in [0.25, 0.3) is 0 Å². The summed E-state index contributed by atoms with van der Waals surface area (Å²) in [5.74, 6) is 0.979. The third kappa shape index (κ3) is 3.68. The van der Waals surface area contributed by atoms with Crippen LogP contribution in [0.1, 0.15) is 30.0 Å². The average molecular weight is 357 g/mol. The summed E-state index contributed by atoms with van der Waals surface area (Å²) in [6, 6.07) is 7.11. The largest absolute Gasteiger partial charge is 0.328 e. The zero-order valence-electron chi connectivity index (χ0n) is 15.7. The van der Waals surface area contributed by atoms with E-state index in [1.54, 1.807) is 12.1 Å². The van der Waals surface area contributed by atoms with Gasteiger partial charge in [0.25, 0.3) is 0 Å². The fourth-order valence-electron chi connectivity index (χ4n) is 4.01. The minimum Gasteiger partial charge on any atom is -0.328 e. The molecule has 1 unspecified atom stereocenters. The molecular weight excluding hydrogens is 329 g/mol. The minimum atomic E-state index is -0.176. The Hall–Kier alpha value is -1.76. The maximum Gasteiger partial charge on any atom is 0.126 e. The maximum atomic E-state index is 13.1. The van der Waals surface area contributed by atoms with Crippen LogP contribution >= 0.6 is 0 Å². The van der Waals surface area contributed by atoms with Crippen molar-refractivity contribution in [2.45, 2.75) is 32.6 Å². The normalized spacial score (nSPS) is 22.5. The summed E-state index contributed by atoms with van der Waals surface area (Å²) in [6.07, 6.45) is 2.06. The first kappa shape index (κ1) is 17.6. The summed E-state index contributed by atoms with van der Waals surface area (Å²) in [5.41, 5.74) is 2.48. The number of likely N-dealkylation sites (N-methyl/N-ethyl adjacent to an activating group) is 1. The highest BCUT2D eigenvalue weighted by atomic mass is 19.1. The van der Waals surface area contributed by atoms with E-state index in [0.717, 1.165) is 63.7 Å². The Labute approximate surface area is 155 Å². The average Bonchev–Trinajstić information content (AvgIpc) is 3.05. The summed E-state index contributed by atoms with van der Waals surface area (Å²) in [6.45, 7) is 10.6. The van der Waals surface area contributed by atoms with Crippen LogP contribution in [-0.4, -0.2) is 64.0 Å². The highest BCUT2D eigenvalue weighted by Crippen LogP contribution is 2.27. The lowest BCUT2D eigenvalue weighted by molar-refractivity contribution is 0.136. The van der Waals surface area contributed by atoms with Crippen molar-refractivity contribution in [3.8, 4) is 0 Å². The molecule has 2 aliphatic heterocycles. The van der Waals surface area contributed by atoms with Crippen molar-refractivity contribution in [2.75, 3.05) is 39.8 Å². The highest BCUT2D eigenvalue weighted by Gasteiger charge is 2.27. The van der Waals surface area contributed by atoms with E-state index in [9.17, 15) is 4.39 Å². The van der Waals surface area contributed by atoms with Crippen LogP contribution in [0.3, 0.4) is 0 Å². The molecule has 3 heterocycles. The molecule has 0 spiro atoms. The number of piperazine rings is 1. The molecule has 0 aliphatic carbocycles. The lowest BCUT2D eigenvalue weighted by Crippen LogP contribution is -2.44.